The second-order valence-corrected chi connectivity index (χ2v) is 8.31. The maximum Gasteiger partial charge on any atom is 0.305 e. The van der Waals surface area contributed by atoms with E-state index in [0.29, 0.717) is 19.4 Å². The third-order valence-electron chi connectivity index (χ3n) is 5.77. The Morgan fingerprint density at radius 3 is 1.61 bits per heavy atom. The number of methoxy groups -OCH3 is 1. The summed E-state index contributed by atoms with van der Waals surface area (Å²) in [6, 6.07) is 0. The number of rotatable bonds is 17. The van der Waals surface area contributed by atoms with Gasteiger partial charge < -0.3 is 14.7 Å². The molecule has 1 rings (SSSR count). The predicted octanol–water partition coefficient (Wildman–Crippen LogP) is 4.99. The summed E-state index contributed by atoms with van der Waals surface area (Å²) in [6.45, 7) is 1.27. The first-order chi connectivity index (χ1) is 13.6. The molecule has 1 unspecified atom stereocenters. The van der Waals surface area contributed by atoms with Gasteiger partial charge in [-0.1, -0.05) is 77.0 Å². The Hall–Kier alpha value is -1.10. The van der Waals surface area contributed by atoms with Gasteiger partial charge in [-0.3, -0.25) is 9.59 Å². The van der Waals surface area contributed by atoms with Crippen molar-refractivity contribution in [1.29, 1.82) is 0 Å². The van der Waals surface area contributed by atoms with Crippen LogP contribution in [0.2, 0.25) is 0 Å². The highest BCUT2D eigenvalue weighted by atomic mass is 16.5. The highest BCUT2D eigenvalue weighted by molar-refractivity contribution is 5.76. The van der Waals surface area contributed by atoms with Crippen LogP contribution in [-0.4, -0.2) is 48.2 Å². The lowest BCUT2D eigenvalue weighted by molar-refractivity contribution is -0.140. The van der Waals surface area contributed by atoms with E-state index in [9.17, 15) is 14.7 Å². The molecule has 0 aromatic rings. The van der Waals surface area contributed by atoms with Crippen molar-refractivity contribution in [1.82, 2.24) is 4.90 Å². The van der Waals surface area contributed by atoms with E-state index in [1.807, 2.05) is 4.90 Å². The Balaban J connectivity index is 1.73. The van der Waals surface area contributed by atoms with Crippen molar-refractivity contribution in [2.24, 2.45) is 0 Å². The molecular formula is C23H43NO4. The number of amides is 1. The first-order valence-electron chi connectivity index (χ1n) is 11.7. The molecule has 0 radical (unpaired) electrons. The lowest BCUT2D eigenvalue weighted by Crippen LogP contribution is -2.29. The van der Waals surface area contributed by atoms with Gasteiger partial charge in [0.2, 0.25) is 5.91 Å². The summed E-state index contributed by atoms with van der Waals surface area (Å²) in [5, 5.41) is 9.47. The van der Waals surface area contributed by atoms with Crippen molar-refractivity contribution in [2.45, 2.75) is 115 Å². The van der Waals surface area contributed by atoms with E-state index in [1.54, 1.807) is 0 Å². The first kappa shape index (κ1) is 24.9. The summed E-state index contributed by atoms with van der Waals surface area (Å²) in [5.74, 6) is 0.135. The fourth-order valence-electron chi connectivity index (χ4n) is 3.90. The zero-order valence-electron chi connectivity index (χ0n) is 18.1. The van der Waals surface area contributed by atoms with Crippen molar-refractivity contribution in [3.05, 3.63) is 0 Å². The fourth-order valence-corrected chi connectivity index (χ4v) is 3.90. The quantitative estimate of drug-likeness (QED) is 0.277. The molecule has 5 nitrogen and oxygen atoms in total. The van der Waals surface area contributed by atoms with Crippen LogP contribution in [0.4, 0.5) is 0 Å². The number of hydrogen-bond donors (Lipinski definition) is 1. The standard InChI is InChI=1S/C23H43NO4/c1-28-23(27)17-15-13-11-9-7-5-3-2-4-6-8-10-12-14-16-22(26)24-19-18-21(25)20-24/h21,25H,2-20H2,1H3. The van der Waals surface area contributed by atoms with Gasteiger partial charge in [-0.2, -0.15) is 0 Å². The lowest BCUT2D eigenvalue weighted by atomic mass is 10.0. The number of nitrogens with zero attached hydrogens (tertiary/aromatic N) is 1. The summed E-state index contributed by atoms with van der Waals surface area (Å²) in [4.78, 5) is 24.8. The second kappa shape index (κ2) is 16.8. The molecule has 0 aliphatic carbocycles. The largest absolute Gasteiger partial charge is 0.469 e. The number of aliphatic hydroxyl groups excluding tert-OH is 1. The molecule has 0 aromatic heterocycles. The summed E-state index contributed by atoms with van der Waals surface area (Å²) in [5.41, 5.74) is 0. The number of unbranched alkanes of at least 4 members (excludes halogenated alkanes) is 13. The second-order valence-electron chi connectivity index (χ2n) is 8.31. The average Bonchev–Trinajstić information content (AvgIpc) is 3.13. The molecule has 1 heterocycles. The van der Waals surface area contributed by atoms with Gasteiger partial charge in [0.15, 0.2) is 0 Å². The average molecular weight is 398 g/mol. The van der Waals surface area contributed by atoms with Crippen LogP contribution in [0.25, 0.3) is 0 Å². The van der Waals surface area contributed by atoms with Crippen LogP contribution in [0.3, 0.4) is 0 Å². The molecule has 1 N–H and O–H groups in total. The number of likely N-dealkylation sites (tertiary alicyclic amines) is 1. The summed E-state index contributed by atoms with van der Waals surface area (Å²) >= 11 is 0. The van der Waals surface area contributed by atoms with Crippen LogP contribution in [0, 0.1) is 0 Å². The fraction of sp³-hybridized carbons (Fsp3) is 0.913. The summed E-state index contributed by atoms with van der Waals surface area (Å²) in [6.07, 6.45) is 18.9. The molecular weight excluding hydrogens is 354 g/mol. The Kier molecular flexibility index (Phi) is 15.0. The minimum absolute atomic E-state index is 0.0868. The van der Waals surface area contributed by atoms with E-state index >= 15 is 0 Å². The Morgan fingerprint density at radius 2 is 1.21 bits per heavy atom. The van der Waals surface area contributed by atoms with Gasteiger partial charge in [-0.25, -0.2) is 0 Å². The van der Waals surface area contributed by atoms with Crippen LogP contribution in [-0.2, 0) is 14.3 Å². The normalized spacial score (nSPS) is 16.5. The summed E-state index contributed by atoms with van der Waals surface area (Å²) < 4.78 is 4.64. The molecule has 0 bridgehead atoms. The first-order valence-corrected chi connectivity index (χ1v) is 11.7. The predicted molar refractivity (Wildman–Crippen MR) is 113 cm³/mol. The van der Waals surface area contributed by atoms with E-state index in [1.165, 1.54) is 71.3 Å². The van der Waals surface area contributed by atoms with E-state index in [2.05, 4.69) is 4.74 Å². The molecule has 1 aliphatic heterocycles. The molecule has 1 amide bonds. The van der Waals surface area contributed by atoms with Gasteiger partial charge in [-0.05, 0) is 19.3 Å². The maximum atomic E-state index is 12.0. The van der Waals surface area contributed by atoms with Crippen LogP contribution in [0.15, 0.2) is 0 Å². The zero-order chi connectivity index (χ0) is 20.5. The van der Waals surface area contributed by atoms with Gasteiger partial charge in [-0.15, -0.1) is 0 Å². The van der Waals surface area contributed by atoms with E-state index in [4.69, 9.17) is 0 Å². The number of esters is 1. The van der Waals surface area contributed by atoms with Crippen molar-refractivity contribution >= 4 is 11.9 Å². The Bertz CT molecular complexity index is 413. The minimum atomic E-state index is -0.304. The number of carbonyl (C=O) groups excluding carboxylic acids is 2. The molecule has 164 valence electrons. The third-order valence-corrected chi connectivity index (χ3v) is 5.77. The molecule has 1 aliphatic rings. The van der Waals surface area contributed by atoms with Gasteiger partial charge >= 0.3 is 5.97 Å². The number of hydrogen-bond acceptors (Lipinski definition) is 4. The van der Waals surface area contributed by atoms with E-state index in [0.717, 1.165) is 38.6 Å². The monoisotopic (exact) mass is 397 g/mol. The lowest BCUT2D eigenvalue weighted by Gasteiger charge is -2.15. The summed E-state index contributed by atoms with van der Waals surface area (Å²) in [7, 11) is 1.45. The van der Waals surface area contributed by atoms with Crippen LogP contribution < -0.4 is 0 Å². The van der Waals surface area contributed by atoms with Crippen molar-refractivity contribution in [3.8, 4) is 0 Å². The third kappa shape index (κ3) is 13.1. The minimum Gasteiger partial charge on any atom is -0.469 e. The number of carbonyl (C=O) groups is 2. The SMILES string of the molecule is COC(=O)CCCCCCCCCCCCCCCCC(=O)N1CCC(O)C1. The molecule has 0 spiro atoms. The molecule has 0 saturated carbocycles. The Morgan fingerprint density at radius 1 is 0.786 bits per heavy atom. The van der Waals surface area contributed by atoms with Crippen molar-refractivity contribution < 1.29 is 19.4 Å². The van der Waals surface area contributed by atoms with Gasteiger partial charge in [0.25, 0.3) is 0 Å². The number of aliphatic hydroxyl groups is 1. The van der Waals surface area contributed by atoms with Gasteiger partial charge in [0, 0.05) is 25.9 Å². The maximum absolute atomic E-state index is 12.0. The highest BCUT2D eigenvalue weighted by Crippen LogP contribution is 2.15. The molecule has 5 heteroatoms. The van der Waals surface area contributed by atoms with Gasteiger partial charge in [0.05, 0.1) is 13.2 Å². The molecule has 1 fully saturated rings. The van der Waals surface area contributed by atoms with Crippen LogP contribution in [0.1, 0.15) is 109 Å². The van der Waals surface area contributed by atoms with Crippen LogP contribution >= 0.6 is 0 Å². The van der Waals surface area contributed by atoms with Gasteiger partial charge in [0.1, 0.15) is 0 Å². The van der Waals surface area contributed by atoms with Crippen molar-refractivity contribution in [3.63, 3.8) is 0 Å². The molecule has 1 atom stereocenters. The van der Waals surface area contributed by atoms with Crippen molar-refractivity contribution in [2.75, 3.05) is 20.2 Å². The Labute approximate surface area is 172 Å². The molecule has 28 heavy (non-hydrogen) atoms. The van der Waals surface area contributed by atoms with E-state index in [-0.39, 0.29) is 18.0 Å². The molecule has 1 saturated heterocycles. The smallest absolute Gasteiger partial charge is 0.305 e. The highest BCUT2D eigenvalue weighted by Gasteiger charge is 2.23. The zero-order valence-corrected chi connectivity index (χ0v) is 18.1. The number of ether oxygens (including phenoxy) is 1. The number of β-amino-alcohol motifs (C(OH)–C–C–N with tert-alkyl or cyclic N) is 1. The topological polar surface area (TPSA) is 66.8 Å². The van der Waals surface area contributed by atoms with Crippen LogP contribution in [0.5, 0.6) is 0 Å². The van der Waals surface area contributed by atoms with E-state index < -0.39 is 0 Å². The molecule has 0 aromatic carbocycles.